The lowest BCUT2D eigenvalue weighted by atomic mass is 10.1. The zero-order chi connectivity index (χ0) is 18.9. The second-order valence-electron chi connectivity index (χ2n) is 5.27. The maximum absolute atomic E-state index is 13.9. The van der Waals surface area contributed by atoms with Gasteiger partial charge in [0.15, 0.2) is 17.5 Å². The van der Waals surface area contributed by atoms with E-state index in [-0.39, 0.29) is 12.4 Å². The minimum absolute atomic E-state index is 0.190. The first-order chi connectivity index (χ1) is 12.6. The van der Waals surface area contributed by atoms with E-state index in [4.69, 9.17) is 14.7 Å². The van der Waals surface area contributed by atoms with E-state index in [9.17, 15) is 4.39 Å². The van der Waals surface area contributed by atoms with Crippen LogP contribution in [-0.2, 0) is 6.54 Å². The molecule has 0 bridgehead atoms. The summed E-state index contributed by atoms with van der Waals surface area (Å²) in [4.78, 5) is 4.12. The number of anilines is 1. The molecular formula is C19H21FN4O2. The Hall–Kier alpha value is -3.27. The highest BCUT2D eigenvalue weighted by atomic mass is 19.1. The van der Waals surface area contributed by atoms with Crippen molar-refractivity contribution in [3.05, 3.63) is 53.3 Å². The fourth-order valence-electron chi connectivity index (χ4n) is 2.30. The van der Waals surface area contributed by atoms with Crippen LogP contribution in [0, 0.1) is 17.1 Å². The van der Waals surface area contributed by atoms with E-state index in [2.05, 4.69) is 15.6 Å². The van der Waals surface area contributed by atoms with Gasteiger partial charge < -0.3 is 20.1 Å². The van der Waals surface area contributed by atoms with Crippen molar-refractivity contribution >= 4 is 11.6 Å². The minimum Gasteiger partial charge on any atom is -0.493 e. The van der Waals surface area contributed by atoms with Crippen LogP contribution in [0.25, 0.3) is 0 Å². The summed E-state index contributed by atoms with van der Waals surface area (Å²) in [6, 6.07) is 11.6. The molecule has 0 amide bonds. The third-order valence-corrected chi connectivity index (χ3v) is 3.57. The summed E-state index contributed by atoms with van der Waals surface area (Å²) < 4.78 is 24.7. The van der Waals surface area contributed by atoms with E-state index in [0.29, 0.717) is 35.2 Å². The summed E-state index contributed by atoms with van der Waals surface area (Å²) in [5.74, 6) is 1.33. The Morgan fingerprint density at radius 3 is 2.69 bits per heavy atom. The predicted octanol–water partition coefficient (Wildman–Crippen LogP) is 3.29. The third kappa shape index (κ3) is 4.86. The van der Waals surface area contributed by atoms with Gasteiger partial charge in [-0.1, -0.05) is 0 Å². The van der Waals surface area contributed by atoms with Crippen LogP contribution in [0.1, 0.15) is 18.1 Å². The molecule has 0 aliphatic carbocycles. The molecule has 0 saturated carbocycles. The van der Waals surface area contributed by atoms with Crippen molar-refractivity contribution in [2.75, 3.05) is 26.1 Å². The van der Waals surface area contributed by atoms with E-state index in [0.717, 1.165) is 5.69 Å². The average molecular weight is 356 g/mol. The van der Waals surface area contributed by atoms with E-state index in [1.165, 1.54) is 18.2 Å². The van der Waals surface area contributed by atoms with E-state index in [1.807, 2.05) is 19.1 Å². The summed E-state index contributed by atoms with van der Waals surface area (Å²) in [6.07, 6.45) is 0. The molecule has 0 atom stereocenters. The lowest BCUT2D eigenvalue weighted by molar-refractivity contribution is 0.311. The van der Waals surface area contributed by atoms with Gasteiger partial charge in [-0.25, -0.2) is 4.39 Å². The van der Waals surface area contributed by atoms with Crippen LogP contribution in [0.2, 0.25) is 0 Å². The lowest BCUT2D eigenvalue weighted by Crippen LogP contribution is -2.30. The van der Waals surface area contributed by atoms with Gasteiger partial charge in [0.2, 0.25) is 0 Å². The molecule has 0 radical (unpaired) electrons. The Balaban J connectivity index is 2.09. The molecule has 0 aliphatic heterocycles. The second kappa shape index (κ2) is 9.28. The van der Waals surface area contributed by atoms with E-state index in [1.54, 1.807) is 26.3 Å². The molecule has 0 aliphatic rings. The number of rotatable bonds is 6. The molecule has 2 N–H and O–H groups in total. The highest BCUT2D eigenvalue weighted by Gasteiger charge is 2.08. The topological polar surface area (TPSA) is 78.7 Å². The largest absolute Gasteiger partial charge is 0.493 e. The van der Waals surface area contributed by atoms with Crippen molar-refractivity contribution in [3.8, 4) is 17.6 Å². The number of hydrogen-bond acceptors (Lipinski definition) is 4. The molecule has 0 aromatic heterocycles. The molecule has 136 valence electrons. The smallest absolute Gasteiger partial charge is 0.195 e. The highest BCUT2D eigenvalue weighted by Crippen LogP contribution is 2.30. The van der Waals surface area contributed by atoms with Crippen molar-refractivity contribution in [1.82, 2.24) is 5.32 Å². The number of nitrogens with one attached hydrogen (secondary N) is 2. The van der Waals surface area contributed by atoms with Crippen molar-refractivity contribution in [3.63, 3.8) is 0 Å². The molecule has 0 saturated heterocycles. The number of nitriles is 1. The zero-order valence-corrected chi connectivity index (χ0v) is 15.0. The first-order valence-electron chi connectivity index (χ1n) is 8.08. The van der Waals surface area contributed by atoms with Crippen LogP contribution >= 0.6 is 0 Å². The normalized spacial score (nSPS) is 10.8. The molecule has 2 aromatic rings. The van der Waals surface area contributed by atoms with E-state index >= 15 is 0 Å². The monoisotopic (exact) mass is 356 g/mol. The van der Waals surface area contributed by atoms with Gasteiger partial charge >= 0.3 is 0 Å². The summed E-state index contributed by atoms with van der Waals surface area (Å²) in [6.45, 7) is 2.60. The van der Waals surface area contributed by atoms with Crippen LogP contribution in [0.3, 0.4) is 0 Å². The number of nitrogens with zero attached hydrogens (tertiary/aromatic N) is 2. The van der Waals surface area contributed by atoms with E-state index < -0.39 is 0 Å². The third-order valence-electron chi connectivity index (χ3n) is 3.57. The van der Waals surface area contributed by atoms with Crippen molar-refractivity contribution in [2.45, 2.75) is 13.5 Å². The Kier molecular flexibility index (Phi) is 6.80. The first kappa shape index (κ1) is 19.1. The molecular weight excluding hydrogens is 335 g/mol. The molecule has 0 fully saturated rings. The predicted molar refractivity (Wildman–Crippen MR) is 99.1 cm³/mol. The maximum Gasteiger partial charge on any atom is 0.195 e. The Morgan fingerprint density at radius 1 is 1.23 bits per heavy atom. The second-order valence-corrected chi connectivity index (χ2v) is 5.27. The van der Waals surface area contributed by atoms with Crippen LogP contribution < -0.4 is 20.1 Å². The number of benzene rings is 2. The quantitative estimate of drug-likeness (QED) is 0.613. The van der Waals surface area contributed by atoms with Gasteiger partial charge in [0.1, 0.15) is 5.82 Å². The number of ether oxygens (including phenoxy) is 2. The summed E-state index contributed by atoms with van der Waals surface area (Å²) in [5, 5.41) is 15.1. The van der Waals surface area contributed by atoms with Gasteiger partial charge in [-0.3, -0.25) is 4.99 Å². The molecule has 6 nitrogen and oxygen atoms in total. The highest BCUT2D eigenvalue weighted by molar-refractivity contribution is 5.93. The van der Waals surface area contributed by atoms with Gasteiger partial charge in [-0.05, 0) is 37.3 Å². The molecule has 0 unspecified atom stereocenters. The maximum atomic E-state index is 13.9. The Labute approximate surface area is 152 Å². The zero-order valence-electron chi connectivity index (χ0n) is 15.0. The molecule has 0 spiro atoms. The fraction of sp³-hybridized carbons (Fsp3) is 0.263. The van der Waals surface area contributed by atoms with Crippen LogP contribution in [-0.4, -0.2) is 26.7 Å². The summed E-state index contributed by atoms with van der Waals surface area (Å²) >= 11 is 0. The number of halogens is 1. The fourth-order valence-corrected chi connectivity index (χ4v) is 2.30. The van der Waals surface area contributed by atoms with Crippen LogP contribution in [0.4, 0.5) is 10.1 Å². The van der Waals surface area contributed by atoms with Gasteiger partial charge in [0.05, 0.1) is 25.3 Å². The number of hydrogen-bond donors (Lipinski definition) is 2. The number of guanidine groups is 1. The number of aliphatic imine (C=N–C) groups is 1. The SMILES string of the molecule is CCOc1cc(NC(=NC)NCc2cc(C#N)ccc2F)ccc1OC. The van der Waals surface area contributed by atoms with Crippen molar-refractivity contribution in [1.29, 1.82) is 5.26 Å². The summed E-state index contributed by atoms with van der Waals surface area (Å²) in [7, 11) is 3.19. The van der Waals surface area contributed by atoms with Gasteiger partial charge in [0, 0.05) is 30.9 Å². The standard InChI is InChI=1S/C19H21FN4O2/c1-4-26-18-10-15(6-8-17(18)25-3)24-19(22-2)23-12-14-9-13(11-21)5-7-16(14)20/h5-10H,4,12H2,1-3H3,(H2,22,23,24). The molecule has 0 heterocycles. The molecule has 7 heteroatoms. The summed E-state index contributed by atoms with van der Waals surface area (Å²) in [5.41, 5.74) is 1.54. The Bertz CT molecular complexity index is 831. The van der Waals surface area contributed by atoms with Gasteiger partial charge in [-0.2, -0.15) is 5.26 Å². The van der Waals surface area contributed by atoms with Crippen LogP contribution in [0.5, 0.6) is 11.5 Å². The molecule has 2 rings (SSSR count). The molecule has 26 heavy (non-hydrogen) atoms. The van der Waals surface area contributed by atoms with Crippen molar-refractivity contribution in [2.24, 2.45) is 4.99 Å². The average Bonchev–Trinajstić information content (AvgIpc) is 2.66. The van der Waals surface area contributed by atoms with Crippen molar-refractivity contribution < 1.29 is 13.9 Å². The first-order valence-corrected chi connectivity index (χ1v) is 8.08. The number of methoxy groups -OCH3 is 1. The lowest BCUT2D eigenvalue weighted by Gasteiger charge is -2.15. The minimum atomic E-state index is -0.380. The Morgan fingerprint density at radius 2 is 2.04 bits per heavy atom. The van der Waals surface area contributed by atoms with Gasteiger partial charge in [-0.15, -0.1) is 0 Å². The van der Waals surface area contributed by atoms with Gasteiger partial charge in [0.25, 0.3) is 0 Å². The van der Waals surface area contributed by atoms with Crippen LogP contribution in [0.15, 0.2) is 41.4 Å². The molecule has 2 aromatic carbocycles.